The van der Waals surface area contributed by atoms with Gasteiger partial charge in [-0.15, -0.1) is 0 Å². The van der Waals surface area contributed by atoms with E-state index in [4.69, 9.17) is 14.5 Å². The number of imide groups is 1. The van der Waals surface area contributed by atoms with Crippen LogP contribution in [0.2, 0.25) is 0 Å². The number of pyridine rings is 2. The standard InChI is InChI=1S/C51H68FN7O11/c1-9-11-14-17-50(7,8)36-21-42(62)58(48(36)66)18-15-12-13-16-40(60)57-43(28(3)4)46(64)55-30(6)45(63)54-27-69-26-41(61)53-23-33-29(5)37(52)22-38-32(33)19-31-24-59-39(44(31)56-38)20-35-34(47(59)65)25-70-49(67)51(35,68)10-2/h19-20,22,28,30,36,43,68H,9-18,21,23-27H2,1-8H3,(H,53,61)(H,54,63)(H,55,64)(H,57,60)/t30-,36?,43-,51-/m0/s1. The van der Waals surface area contributed by atoms with Crippen molar-refractivity contribution < 1.29 is 52.5 Å². The first-order valence-electron chi connectivity index (χ1n) is 24.5. The van der Waals surface area contributed by atoms with E-state index in [2.05, 4.69) is 42.0 Å². The molecule has 2 aromatic heterocycles. The lowest BCUT2D eigenvalue weighted by Gasteiger charge is -2.31. The zero-order chi connectivity index (χ0) is 51.2. The van der Waals surface area contributed by atoms with E-state index in [1.54, 1.807) is 39.8 Å². The first-order chi connectivity index (χ1) is 33.1. The lowest BCUT2D eigenvalue weighted by atomic mass is 9.74. The SMILES string of the molecule is CCCCCC(C)(C)C1CC(=O)N(CCCCCC(=O)N[C@H](C(=O)N[C@@H](C)C(=O)NCOCC(=O)NCc2c(C)c(F)cc3nc4c(cc23)Cn2c-4cc3c(c2=O)COC(=O)[C@]3(O)CC)C(C)C)C1=O. The van der Waals surface area contributed by atoms with Crippen molar-refractivity contribution in [2.75, 3.05) is 19.9 Å². The second-order valence-corrected chi connectivity index (χ2v) is 19.9. The van der Waals surface area contributed by atoms with E-state index in [0.717, 1.165) is 25.7 Å². The molecule has 0 aliphatic carbocycles. The molecule has 5 heterocycles. The summed E-state index contributed by atoms with van der Waals surface area (Å²) in [6.07, 6.45) is 6.12. The van der Waals surface area contributed by atoms with E-state index < -0.39 is 59.4 Å². The Kier molecular flexibility index (Phi) is 17.0. The summed E-state index contributed by atoms with van der Waals surface area (Å²) in [5.74, 6) is -4.35. The number of nitrogens with one attached hydrogen (secondary N) is 4. The van der Waals surface area contributed by atoms with Crippen molar-refractivity contribution in [2.45, 2.75) is 157 Å². The lowest BCUT2D eigenvalue weighted by Crippen LogP contribution is -2.54. The molecule has 0 bridgehead atoms. The second-order valence-electron chi connectivity index (χ2n) is 19.9. The molecule has 380 valence electrons. The normalized spacial score (nSPS) is 18.3. The number of unbranched alkanes of at least 4 members (excludes halogenated alkanes) is 4. The fourth-order valence-electron chi connectivity index (χ4n) is 9.56. The molecule has 6 rings (SSSR count). The fraction of sp³-hybridized carbons (Fsp3) is 0.588. The molecular formula is C51H68FN7O11. The number of rotatable bonds is 23. The van der Waals surface area contributed by atoms with Crippen LogP contribution in [0.15, 0.2) is 23.0 Å². The number of cyclic esters (lactones) is 1. The van der Waals surface area contributed by atoms with Crippen molar-refractivity contribution in [2.24, 2.45) is 17.3 Å². The Hall–Kier alpha value is -6.08. The maximum Gasteiger partial charge on any atom is 0.343 e. The minimum atomic E-state index is -1.99. The van der Waals surface area contributed by atoms with E-state index in [-0.39, 0.29) is 103 Å². The molecule has 1 aromatic carbocycles. The number of carbonyl (C=O) groups excluding carboxylic acids is 7. The topological polar surface area (TPSA) is 244 Å². The Morgan fingerprint density at radius 1 is 0.971 bits per heavy atom. The molecule has 0 spiro atoms. The van der Waals surface area contributed by atoms with Crippen molar-refractivity contribution in [1.82, 2.24) is 35.7 Å². The molecule has 19 heteroatoms. The molecule has 6 amide bonds. The molecule has 18 nitrogen and oxygen atoms in total. The monoisotopic (exact) mass is 973 g/mol. The van der Waals surface area contributed by atoms with Gasteiger partial charge in [-0.3, -0.25) is 38.5 Å². The van der Waals surface area contributed by atoms with Gasteiger partial charge in [0.1, 0.15) is 37.8 Å². The molecule has 0 saturated carbocycles. The van der Waals surface area contributed by atoms with Crippen LogP contribution in [-0.2, 0) is 68.3 Å². The highest BCUT2D eigenvalue weighted by atomic mass is 19.1. The molecule has 3 aromatic rings. The van der Waals surface area contributed by atoms with Crippen molar-refractivity contribution in [3.8, 4) is 11.4 Å². The van der Waals surface area contributed by atoms with Crippen LogP contribution in [-0.4, -0.2) is 92.9 Å². The number of halogens is 1. The van der Waals surface area contributed by atoms with E-state index in [1.165, 1.54) is 22.5 Å². The van der Waals surface area contributed by atoms with Crippen molar-refractivity contribution in [3.05, 3.63) is 62.2 Å². The quantitative estimate of drug-likeness (QED) is 0.0300. The Morgan fingerprint density at radius 3 is 2.41 bits per heavy atom. The van der Waals surface area contributed by atoms with E-state index >= 15 is 4.39 Å². The molecule has 4 atom stereocenters. The lowest BCUT2D eigenvalue weighted by molar-refractivity contribution is -0.172. The summed E-state index contributed by atoms with van der Waals surface area (Å²) in [4.78, 5) is 110. The van der Waals surface area contributed by atoms with Gasteiger partial charge in [-0.25, -0.2) is 14.2 Å². The highest BCUT2D eigenvalue weighted by molar-refractivity contribution is 6.04. The molecular weight excluding hydrogens is 906 g/mol. The van der Waals surface area contributed by atoms with Gasteiger partial charge in [0, 0.05) is 48.5 Å². The smallest absolute Gasteiger partial charge is 0.343 e. The number of aromatic nitrogens is 2. The van der Waals surface area contributed by atoms with Crippen LogP contribution in [0.4, 0.5) is 4.39 Å². The molecule has 0 radical (unpaired) electrons. The van der Waals surface area contributed by atoms with E-state index in [9.17, 15) is 43.5 Å². The first kappa shape index (κ1) is 53.3. The average molecular weight is 974 g/mol. The van der Waals surface area contributed by atoms with Gasteiger partial charge < -0.3 is 40.4 Å². The van der Waals surface area contributed by atoms with Crippen molar-refractivity contribution in [3.63, 3.8) is 0 Å². The van der Waals surface area contributed by atoms with Crippen molar-refractivity contribution in [1.29, 1.82) is 0 Å². The van der Waals surface area contributed by atoms with Gasteiger partial charge in [-0.2, -0.15) is 0 Å². The number of benzene rings is 1. The third-order valence-electron chi connectivity index (χ3n) is 14.1. The van der Waals surface area contributed by atoms with Crippen LogP contribution in [0.1, 0.15) is 140 Å². The van der Waals surface area contributed by atoms with Gasteiger partial charge in [0.25, 0.3) is 5.56 Å². The molecule has 1 fully saturated rings. The zero-order valence-corrected chi connectivity index (χ0v) is 41.6. The number of carbonyl (C=O) groups is 7. The largest absolute Gasteiger partial charge is 0.458 e. The minimum Gasteiger partial charge on any atom is -0.458 e. The molecule has 3 aliphatic heterocycles. The summed E-state index contributed by atoms with van der Waals surface area (Å²) >= 11 is 0. The maximum atomic E-state index is 15.3. The Bertz CT molecular complexity index is 2610. The van der Waals surface area contributed by atoms with E-state index in [0.29, 0.717) is 53.7 Å². The van der Waals surface area contributed by atoms with Gasteiger partial charge in [0.15, 0.2) is 5.60 Å². The van der Waals surface area contributed by atoms with E-state index in [1.807, 2.05) is 0 Å². The number of hydrogen-bond donors (Lipinski definition) is 5. The molecule has 70 heavy (non-hydrogen) atoms. The summed E-state index contributed by atoms with van der Waals surface area (Å²) in [6, 6.07) is 2.69. The number of hydrogen-bond acceptors (Lipinski definition) is 12. The number of fused-ring (bicyclic) bond motifs is 5. The zero-order valence-electron chi connectivity index (χ0n) is 41.6. The number of ether oxygens (including phenoxy) is 2. The van der Waals surface area contributed by atoms with Gasteiger partial charge >= 0.3 is 5.97 Å². The number of esters is 1. The van der Waals surface area contributed by atoms with Gasteiger partial charge in [-0.1, -0.05) is 67.2 Å². The van der Waals surface area contributed by atoms with Gasteiger partial charge in [0.2, 0.25) is 35.4 Å². The number of aliphatic hydroxyl groups is 1. The van der Waals surface area contributed by atoms with Crippen LogP contribution in [0.25, 0.3) is 22.3 Å². The number of amides is 6. The second kappa shape index (κ2) is 22.3. The van der Waals surface area contributed by atoms with Crippen LogP contribution in [0.5, 0.6) is 0 Å². The molecule has 5 N–H and O–H groups in total. The van der Waals surface area contributed by atoms with Gasteiger partial charge in [0.05, 0.1) is 34.9 Å². The summed E-state index contributed by atoms with van der Waals surface area (Å²) in [6.45, 7) is 13.7. The van der Waals surface area contributed by atoms with Crippen LogP contribution in [0, 0.1) is 30.0 Å². The summed E-state index contributed by atoms with van der Waals surface area (Å²) in [7, 11) is 0. The molecule has 1 saturated heterocycles. The Balaban J connectivity index is 0.929. The third kappa shape index (κ3) is 11.4. The summed E-state index contributed by atoms with van der Waals surface area (Å²) in [5.41, 5.74) is 0.0787. The van der Waals surface area contributed by atoms with Crippen LogP contribution >= 0.6 is 0 Å². The Morgan fingerprint density at radius 2 is 1.71 bits per heavy atom. The van der Waals surface area contributed by atoms with Crippen LogP contribution in [0.3, 0.4) is 0 Å². The van der Waals surface area contributed by atoms with Gasteiger partial charge in [-0.05, 0) is 74.1 Å². The summed E-state index contributed by atoms with van der Waals surface area (Å²) < 4.78 is 27.3. The maximum absolute atomic E-state index is 15.3. The third-order valence-corrected chi connectivity index (χ3v) is 14.1. The van der Waals surface area contributed by atoms with Crippen LogP contribution < -0.4 is 26.8 Å². The van der Waals surface area contributed by atoms with Crippen molar-refractivity contribution >= 4 is 52.3 Å². The molecule has 3 aliphatic rings. The molecule has 1 unspecified atom stereocenters. The Labute approximate surface area is 407 Å². The predicted molar refractivity (Wildman–Crippen MR) is 256 cm³/mol. The first-order valence-corrected chi connectivity index (χ1v) is 24.5. The average Bonchev–Trinajstić information content (AvgIpc) is 3.82. The summed E-state index contributed by atoms with van der Waals surface area (Å²) in [5, 5.41) is 22.3. The minimum absolute atomic E-state index is 0.0128. The fourth-order valence-corrected chi connectivity index (χ4v) is 9.56. The number of likely N-dealkylation sites (tertiary alicyclic amines) is 1. The predicted octanol–water partition coefficient (Wildman–Crippen LogP) is 4.42. The highest BCUT2D eigenvalue weighted by Gasteiger charge is 2.47. The highest BCUT2D eigenvalue weighted by Crippen LogP contribution is 2.41. The number of nitrogens with zero attached hydrogens (tertiary/aromatic N) is 3.